The van der Waals surface area contributed by atoms with Crippen molar-refractivity contribution in [3.8, 4) is 11.8 Å². The Morgan fingerprint density at radius 2 is 2.22 bits per heavy atom. The van der Waals surface area contributed by atoms with Crippen LogP contribution in [-0.4, -0.2) is 26.9 Å². The van der Waals surface area contributed by atoms with Gasteiger partial charge in [0, 0.05) is 30.9 Å². The molecule has 0 spiro atoms. The molecule has 0 aliphatic carbocycles. The molecule has 0 radical (unpaired) electrons. The zero-order chi connectivity index (χ0) is 13.4. The van der Waals surface area contributed by atoms with Gasteiger partial charge in [0.1, 0.15) is 0 Å². The van der Waals surface area contributed by atoms with Gasteiger partial charge in [-0.3, -0.25) is 14.6 Å². The van der Waals surface area contributed by atoms with Crippen molar-refractivity contribution in [3.05, 3.63) is 29.6 Å². The van der Waals surface area contributed by atoms with Crippen LogP contribution in [0.2, 0.25) is 0 Å². The Kier molecular flexibility index (Phi) is 5.95. The zero-order valence-electron chi connectivity index (χ0n) is 9.97. The molecule has 1 heterocycles. The fourth-order valence-electron chi connectivity index (χ4n) is 1.17. The molecule has 0 amide bonds. The minimum absolute atomic E-state index is 0.0804. The molecule has 0 aliphatic rings. The largest absolute Gasteiger partial charge is 0.481 e. The van der Waals surface area contributed by atoms with Gasteiger partial charge in [-0.1, -0.05) is 23.6 Å². The number of nitrogens with zero attached hydrogens (tertiary/aromatic N) is 1. The van der Waals surface area contributed by atoms with E-state index in [1.807, 2.05) is 0 Å². The van der Waals surface area contributed by atoms with Crippen LogP contribution in [0.25, 0.3) is 0 Å². The summed E-state index contributed by atoms with van der Waals surface area (Å²) in [4.78, 5) is 25.1. The van der Waals surface area contributed by atoms with Crippen LogP contribution in [0.1, 0.15) is 24.6 Å². The highest BCUT2D eigenvalue weighted by Crippen LogP contribution is 2.03. The van der Waals surface area contributed by atoms with Gasteiger partial charge in [0.2, 0.25) is 0 Å². The van der Waals surface area contributed by atoms with E-state index in [0.717, 1.165) is 5.56 Å². The Labute approximate surface area is 110 Å². The summed E-state index contributed by atoms with van der Waals surface area (Å²) in [5.74, 6) is 5.64. The monoisotopic (exact) mass is 263 g/mol. The number of carboxylic acid groups (broad SMARTS) is 1. The van der Waals surface area contributed by atoms with E-state index in [1.165, 1.54) is 18.7 Å². The number of carbonyl (C=O) groups excluding carboxylic acids is 1. The van der Waals surface area contributed by atoms with Crippen molar-refractivity contribution in [1.29, 1.82) is 0 Å². The van der Waals surface area contributed by atoms with E-state index < -0.39 is 5.97 Å². The van der Waals surface area contributed by atoms with E-state index in [2.05, 4.69) is 16.8 Å². The topological polar surface area (TPSA) is 67.3 Å². The maximum Gasteiger partial charge on any atom is 0.309 e. The lowest BCUT2D eigenvalue weighted by atomic mass is 10.2. The average molecular weight is 263 g/mol. The summed E-state index contributed by atoms with van der Waals surface area (Å²) >= 11 is 1.25. The molecule has 0 aliphatic heterocycles. The molecule has 5 heteroatoms. The van der Waals surface area contributed by atoms with Gasteiger partial charge in [0.05, 0.1) is 12.1 Å². The third kappa shape index (κ3) is 6.06. The van der Waals surface area contributed by atoms with Crippen LogP contribution in [-0.2, 0) is 16.0 Å². The number of pyridine rings is 1. The minimum Gasteiger partial charge on any atom is -0.481 e. The zero-order valence-corrected chi connectivity index (χ0v) is 10.8. The van der Waals surface area contributed by atoms with Crippen LogP contribution >= 0.6 is 11.8 Å². The molecular weight excluding hydrogens is 250 g/mol. The van der Waals surface area contributed by atoms with Crippen LogP contribution in [0.3, 0.4) is 0 Å². The lowest BCUT2D eigenvalue weighted by molar-refractivity contribution is -0.136. The van der Waals surface area contributed by atoms with Crippen molar-refractivity contribution in [3.63, 3.8) is 0 Å². The Bertz CT molecular complexity index is 485. The van der Waals surface area contributed by atoms with Crippen LogP contribution in [0, 0.1) is 11.8 Å². The number of aliphatic carboxylic acids is 1. The first-order valence-electron chi connectivity index (χ1n) is 5.37. The van der Waals surface area contributed by atoms with Gasteiger partial charge in [-0.2, -0.15) is 0 Å². The normalized spacial score (nSPS) is 9.39. The summed E-state index contributed by atoms with van der Waals surface area (Å²) in [5, 5.41) is 8.68. The Balaban J connectivity index is 2.46. The highest BCUT2D eigenvalue weighted by Gasteiger charge is 2.00. The molecule has 0 saturated carbocycles. The molecule has 0 atom stereocenters. The second kappa shape index (κ2) is 7.51. The van der Waals surface area contributed by atoms with Crippen LogP contribution < -0.4 is 0 Å². The molecule has 1 rings (SSSR count). The van der Waals surface area contributed by atoms with Gasteiger partial charge < -0.3 is 5.11 Å². The van der Waals surface area contributed by atoms with Gasteiger partial charge in [-0.25, -0.2) is 0 Å². The summed E-state index contributed by atoms with van der Waals surface area (Å²) in [5.41, 5.74) is 1.26. The standard InChI is InChI=1S/C13H13NO3S/c1-10(15)18-7-3-2-4-11-5-6-12(14-9-11)8-13(16)17/h5-6,9H,3,7-8H2,1H3,(H,16,17). The Hall–Kier alpha value is -1.80. The second-order valence-electron chi connectivity index (χ2n) is 3.50. The molecular formula is C13H13NO3S. The maximum atomic E-state index is 10.7. The molecule has 0 aromatic carbocycles. The first-order chi connectivity index (χ1) is 8.58. The maximum absolute atomic E-state index is 10.7. The van der Waals surface area contributed by atoms with Gasteiger partial charge in [-0.05, 0) is 12.1 Å². The number of rotatable bonds is 4. The van der Waals surface area contributed by atoms with E-state index in [0.29, 0.717) is 17.9 Å². The molecule has 0 saturated heterocycles. The van der Waals surface area contributed by atoms with Crippen LogP contribution in [0.15, 0.2) is 18.3 Å². The van der Waals surface area contributed by atoms with Gasteiger partial charge in [0.25, 0.3) is 0 Å². The predicted molar refractivity (Wildman–Crippen MR) is 70.2 cm³/mol. The minimum atomic E-state index is -0.900. The van der Waals surface area contributed by atoms with E-state index >= 15 is 0 Å². The van der Waals surface area contributed by atoms with Crippen molar-refractivity contribution in [2.24, 2.45) is 0 Å². The Morgan fingerprint density at radius 1 is 1.44 bits per heavy atom. The van der Waals surface area contributed by atoms with E-state index in [4.69, 9.17) is 5.11 Å². The summed E-state index contributed by atoms with van der Waals surface area (Å²) in [7, 11) is 0. The fourth-order valence-corrected chi connectivity index (χ4v) is 1.66. The molecule has 1 aromatic rings. The highest BCUT2D eigenvalue weighted by molar-refractivity contribution is 8.13. The molecule has 1 N–H and O–H groups in total. The lowest BCUT2D eigenvalue weighted by Crippen LogP contribution is -2.01. The van der Waals surface area contributed by atoms with Gasteiger partial charge >= 0.3 is 5.97 Å². The summed E-state index contributed by atoms with van der Waals surface area (Å²) < 4.78 is 0. The van der Waals surface area contributed by atoms with Crippen molar-refractivity contribution < 1.29 is 14.7 Å². The second-order valence-corrected chi connectivity index (χ2v) is 4.77. The summed E-state index contributed by atoms with van der Waals surface area (Å²) in [6.07, 6.45) is 2.12. The number of carbonyl (C=O) groups is 2. The molecule has 94 valence electrons. The number of hydrogen-bond donors (Lipinski definition) is 1. The fraction of sp³-hybridized carbons (Fsp3) is 0.308. The molecule has 0 bridgehead atoms. The summed E-state index contributed by atoms with van der Waals surface area (Å²) in [6.45, 7) is 1.53. The van der Waals surface area contributed by atoms with Crippen LogP contribution in [0.5, 0.6) is 0 Å². The third-order valence-corrected chi connectivity index (χ3v) is 2.74. The lowest BCUT2D eigenvalue weighted by Gasteiger charge is -1.95. The molecule has 1 aromatic heterocycles. The van der Waals surface area contributed by atoms with Gasteiger partial charge in [0.15, 0.2) is 5.12 Å². The third-order valence-electron chi connectivity index (χ3n) is 1.92. The highest BCUT2D eigenvalue weighted by atomic mass is 32.2. The summed E-state index contributed by atoms with van der Waals surface area (Å²) in [6, 6.07) is 3.40. The van der Waals surface area contributed by atoms with E-state index in [1.54, 1.807) is 18.3 Å². The van der Waals surface area contributed by atoms with Crippen molar-refractivity contribution in [1.82, 2.24) is 4.98 Å². The average Bonchev–Trinajstić information content (AvgIpc) is 2.30. The van der Waals surface area contributed by atoms with Crippen molar-refractivity contribution >= 4 is 22.8 Å². The predicted octanol–water partition coefficient (Wildman–Crippen LogP) is 1.73. The first kappa shape index (κ1) is 14.3. The number of hydrogen-bond acceptors (Lipinski definition) is 4. The van der Waals surface area contributed by atoms with E-state index in [9.17, 15) is 9.59 Å². The quantitative estimate of drug-likeness (QED) is 0.662. The molecule has 4 nitrogen and oxygen atoms in total. The number of aromatic nitrogens is 1. The Morgan fingerprint density at radius 3 is 2.78 bits per heavy atom. The number of thioether (sulfide) groups is 1. The number of carboxylic acids is 1. The smallest absolute Gasteiger partial charge is 0.309 e. The molecule has 18 heavy (non-hydrogen) atoms. The SMILES string of the molecule is CC(=O)SCCC#Cc1ccc(CC(=O)O)nc1. The molecule has 0 fully saturated rings. The van der Waals surface area contributed by atoms with Gasteiger partial charge in [-0.15, -0.1) is 0 Å². The molecule has 0 unspecified atom stereocenters. The van der Waals surface area contributed by atoms with Crippen molar-refractivity contribution in [2.45, 2.75) is 19.8 Å². The first-order valence-corrected chi connectivity index (χ1v) is 6.35. The van der Waals surface area contributed by atoms with Crippen LogP contribution in [0.4, 0.5) is 0 Å². The van der Waals surface area contributed by atoms with E-state index in [-0.39, 0.29) is 11.5 Å². The van der Waals surface area contributed by atoms with Crippen molar-refractivity contribution in [2.75, 3.05) is 5.75 Å².